The molecule has 7 nitrogen and oxygen atoms in total. The van der Waals surface area contributed by atoms with Gasteiger partial charge in [-0.1, -0.05) is 12.8 Å². The number of hydrogen-bond acceptors (Lipinski definition) is 4. The van der Waals surface area contributed by atoms with Crippen LogP contribution in [0.5, 0.6) is 0 Å². The summed E-state index contributed by atoms with van der Waals surface area (Å²) >= 11 is 0. The zero-order valence-corrected chi connectivity index (χ0v) is 16.4. The first-order valence-corrected chi connectivity index (χ1v) is 10.1. The zero-order valence-electron chi connectivity index (χ0n) is 16.4. The van der Waals surface area contributed by atoms with Crippen LogP contribution in [0.1, 0.15) is 74.0 Å². The third-order valence-corrected chi connectivity index (χ3v) is 6.32. The molecule has 1 aromatic heterocycles. The Morgan fingerprint density at radius 2 is 1.96 bits per heavy atom. The molecule has 0 spiro atoms. The number of nitrogens with zero attached hydrogens (tertiary/aromatic N) is 3. The molecular weight excluding hydrogens is 346 g/mol. The van der Waals surface area contributed by atoms with Crippen molar-refractivity contribution in [3.05, 3.63) is 17.5 Å². The molecule has 1 aromatic rings. The van der Waals surface area contributed by atoms with E-state index >= 15 is 0 Å². The van der Waals surface area contributed by atoms with E-state index in [2.05, 4.69) is 5.10 Å². The fourth-order valence-electron chi connectivity index (χ4n) is 4.68. The molecule has 150 valence electrons. The molecule has 0 bridgehead atoms. The van der Waals surface area contributed by atoms with Gasteiger partial charge in [0.1, 0.15) is 5.56 Å². The van der Waals surface area contributed by atoms with Crippen molar-refractivity contribution in [1.29, 1.82) is 0 Å². The average molecular weight is 377 g/mol. The van der Waals surface area contributed by atoms with Crippen molar-refractivity contribution < 1.29 is 19.4 Å². The maximum absolute atomic E-state index is 13.3. The summed E-state index contributed by atoms with van der Waals surface area (Å²) in [5.74, 6) is -0.648. The maximum Gasteiger partial charge on any atom is 0.339 e. The third-order valence-electron chi connectivity index (χ3n) is 6.32. The van der Waals surface area contributed by atoms with Crippen molar-refractivity contribution >= 4 is 11.9 Å². The molecule has 0 unspecified atom stereocenters. The van der Waals surface area contributed by atoms with Gasteiger partial charge < -0.3 is 14.7 Å². The SMILES string of the molecule is CCOCCC1(C(=O)N2CCC(n3ncc(C(=O)O)c3C)CC2)CCCC1. The highest BCUT2D eigenvalue weighted by Gasteiger charge is 2.43. The fraction of sp³-hybridized carbons (Fsp3) is 0.750. The highest BCUT2D eigenvalue weighted by atomic mass is 16.5. The van der Waals surface area contributed by atoms with E-state index < -0.39 is 5.97 Å². The second kappa shape index (κ2) is 8.42. The van der Waals surface area contributed by atoms with Crippen molar-refractivity contribution in [1.82, 2.24) is 14.7 Å². The Labute approximate surface area is 160 Å². The van der Waals surface area contributed by atoms with Gasteiger partial charge in [-0.2, -0.15) is 5.10 Å². The molecule has 2 aliphatic rings. The smallest absolute Gasteiger partial charge is 0.339 e. The molecule has 1 aliphatic heterocycles. The molecule has 3 rings (SSSR count). The van der Waals surface area contributed by atoms with E-state index in [1.807, 2.05) is 16.5 Å². The van der Waals surface area contributed by atoms with Gasteiger partial charge in [0.15, 0.2) is 0 Å². The lowest BCUT2D eigenvalue weighted by atomic mass is 9.81. The van der Waals surface area contributed by atoms with Crippen LogP contribution in [0.3, 0.4) is 0 Å². The summed E-state index contributed by atoms with van der Waals surface area (Å²) in [5, 5.41) is 13.5. The van der Waals surface area contributed by atoms with Crippen molar-refractivity contribution in [2.75, 3.05) is 26.3 Å². The van der Waals surface area contributed by atoms with Crippen LogP contribution < -0.4 is 0 Å². The monoisotopic (exact) mass is 377 g/mol. The van der Waals surface area contributed by atoms with Crippen molar-refractivity contribution in [2.45, 2.75) is 64.8 Å². The van der Waals surface area contributed by atoms with Crippen LogP contribution in [0, 0.1) is 12.3 Å². The Balaban J connectivity index is 1.62. The van der Waals surface area contributed by atoms with E-state index in [9.17, 15) is 14.7 Å². The van der Waals surface area contributed by atoms with Crippen LogP contribution >= 0.6 is 0 Å². The number of rotatable bonds is 7. The van der Waals surface area contributed by atoms with Gasteiger partial charge in [-0.3, -0.25) is 9.48 Å². The lowest BCUT2D eigenvalue weighted by Gasteiger charge is -2.38. The number of likely N-dealkylation sites (tertiary alicyclic amines) is 1. The number of ether oxygens (including phenoxy) is 1. The Kier molecular flexibility index (Phi) is 6.19. The van der Waals surface area contributed by atoms with Gasteiger partial charge >= 0.3 is 5.97 Å². The normalized spacial score (nSPS) is 20.1. The number of amides is 1. The Hall–Kier alpha value is -1.89. The van der Waals surface area contributed by atoms with E-state index in [-0.39, 0.29) is 17.0 Å². The quantitative estimate of drug-likeness (QED) is 0.738. The van der Waals surface area contributed by atoms with Gasteiger partial charge in [0.2, 0.25) is 5.91 Å². The summed E-state index contributed by atoms with van der Waals surface area (Å²) in [6, 6.07) is 0.158. The van der Waals surface area contributed by atoms with E-state index in [1.165, 1.54) is 6.20 Å². The van der Waals surface area contributed by atoms with Gasteiger partial charge in [-0.15, -0.1) is 0 Å². The van der Waals surface area contributed by atoms with E-state index in [0.29, 0.717) is 37.9 Å². The molecule has 2 heterocycles. The number of hydrogen-bond donors (Lipinski definition) is 1. The number of aromatic nitrogens is 2. The van der Waals surface area contributed by atoms with Crippen molar-refractivity contribution in [2.24, 2.45) is 5.41 Å². The lowest BCUT2D eigenvalue weighted by molar-refractivity contribution is -0.144. The molecule has 2 fully saturated rings. The first-order valence-electron chi connectivity index (χ1n) is 10.1. The number of carboxylic acid groups (broad SMARTS) is 1. The molecule has 0 radical (unpaired) electrons. The van der Waals surface area contributed by atoms with Crippen LogP contribution in [-0.2, 0) is 9.53 Å². The van der Waals surface area contributed by atoms with Crippen LogP contribution in [0.25, 0.3) is 0 Å². The molecule has 1 amide bonds. The standard InChI is InChI=1S/C20H31N3O4/c1-3-27-13-10-20(8-4-5-9-20)19(26)22-11-6-16(7-12-22)23-15(2)17(14-21-23)18(24)25/h14,16H,3-13H2,1-2H3,(H,24,25). The van der Waals surface area contributed by atoms with Gasteiger partial charge in [0.05, 0.1) is 23.3 Å². The Morgan fingerprint density at radius 3 is 2.52 bits per heavy atom. The summed E-state index contributed by atoms with van der Waals surface area (Å²) < 4.78 is 7.36. The Morgan fingerprint density at radius 1 is 1.30 bits per heavy atom. The minimum Gasteiger partial charge on any atom is -0.478 e. The highest BCUT2D eigenvalue weighted by Crippen LogP contribution is 2.43. The van der Waals surface area contributed by atoms with Crippen molar-refractivity contribution in [3.63, 3.8) is 0 Å². The van der Waals surface area contributed by atoms with E-state index in [1.54, 1.807) is 6.92 Å². The molecule has 1 N–H and O–H groups in total. The van der Waals surface area contributed by atoms with Gasteiger partial charge in [0, 0.05) is 26.3 Å². The summed E-state index contributed by atoms with van der Waals surface area (Å²) in [6.45, 7) is 6.56. The van der Waals surface area contributed by atoms with E-state index in [4.69, 9.17) is 4.74 Å². The van der Waals surface area contributed by atoms with Gasteiger partial charge in [-0.05, 0) is 46.0 Å². The zero-order chi connectivity index (χ0) is 19.4. The summed E-state index contributed by atoms with van der Waals surface area (Å²) in [5.41, 5.74) is 0.714. The van der Waals surface area contributed by atoms with Crippen LogP contribution in [0.4, 0.5) is 0 Å². The second-order valence-electron chi connectivity index (χ2n) is 7.85. The topological polar surface area (TPSA) is 84.7 Å². The van der Waals surface area contributed by atoms with Gasteiger partial charge in [0.25, 0.3) is 0 Å². The molecule has 1 saturated heterocycles. The van der Waals surface area contributed by atoms with E-state index in [0.717, 1.165) is 44.9 Å². The summed E-state index contributed by atoms with van der Waals surface area (Å²) in [4.78, 5) is 26.5. The first-order chi connectivity index (χ1) is 13.0. The molecule has 1 aliphatic carbocycles. The highest BCUT2D eigenvalue weighted by molar-refractivity contribution is 5.88. The number of carboxylic acids is 1. The Bertz CT molecular complexity index is 671. The molecular formula is C20H31N3O4. The maximum atomic E-state index is 13.3. The molecule has 27 heavy (non-hydrogen) atoms. The van der Waals surface area contributed by atoms with Crippen molar-refractivity contribution in [3.8, 4) is 0 Å². The molecule has 7 heteroatoms. The van der Waals surface area contributed by atoms with Crippen LogP contribution in [0.15, 0.2) is 6.20 Å². The predicted octanol–water partition coefficient (Wildman–Crippen LogP) is 3.04. The number of carbonyl (C=O) groups is 2. The fourth-order valence-corrected chi connectivity index (χ4v) is 4.68. The summed E-state index contributed by atoms with van der Waals surface area (Å²) in [6.07, 6.45) is 8.07. The van der Waals surface area contributed by atoms with Gasteiger partial charge in [-0.25, -0.2) is 4.79 Å². The summed E-state index contributed by atoms with van der Waals surface area (Å²) in [7, 11) is 0. The minimum absolute atomic E-state index is 0.158. The molecule has 0 atom stereocenters. The number of piperidine rings is 1. The largest absolute Gasteiger partial charge is 0.478 e. The first kappa shape index (κ1) is 19.9. The minimum atomic E-state index is -0.941. The van der Waals surface area contributed by atoms with Crippen LogP contribution in [0.2, 0.25) is 0 Å². The second-order valence-corrected chi connectivity index (χ2v) is 7.85. The predicted molar refractivity (Wildman–Crippen MR) is 101 cm³/mol. The molecule has 1 saturated carbocycles. The molecule has 0 aromatic carbocycles. The average Bonchev–Trinajstić information content (AvgIpc) is 3.29. The number of carbonyl (C=O) groups excluding carboxylic acids is 1. The van der Waals surface area contributed by atoms with Crippen LogP contribution in [-0.4, -0.2) is 58.0 Å². The third kappa shape index (κ3) is 4.03. The number of aromatic carboxylic acids is 1. The lowest BCUT2D eigenvalue weighted by Crippen LogP contribution is -2.47.